The summed E-state index contributed by atoms with van der Waals surface area (Å²) in [5.41, 5.74) is 0.840. The Hall–Kier alpha value is -2.17. The number of piperidine rings is 1. The molecule has 1 aromatic carbocycles. The van der Waals surface area contributed by atoms with Crippen molar-refractivity contribution in [1.29, 1.82) is 0 Å². The molecular formula is C17H20FNO3. The maximum atomic E-state index is 12.8. The summed E-state index contributed by atoms with van der Waals surface area (Å²) in [5.74, 6) is -1.47. The largest absolute Gasteiger partial charge is 0.481 e. The highest BCUT2D eigenvalue weighted by Crippen LogP contribution is 2.24. The van der Waals surface area contributed by atoms with Crippen molar-refractivity contribution < 1.29 is 19.1 Å². The molecule has 0 unspecified atom stereocenters. The first kappa shape index (κ1) is 16.2. The Kier molecular flexibility index (Phi) is 5.31. The molecule has 0 saturated carbocycles. The fourth-order valence-electron chi connectivity index (χ4n) is 2.74. The lowest BCUT2D eigenvalue weighted by Crippen LogP contribution is -2.44. The second kappa shape index (κ2) is 7.20. The molecule has 1 fully saturated rings. The van der Waals surface area contributed by atoms with Crippen LogP contribution in [0.5, 0.6) is 0 Å². The van der Waals surface area contributed by atoms with E-state index in [9.17, 15) is 14.0 Å². The zero-order chi connectivity index (χ0) is 16.1. The van der Waals surface area contributed by atoms with Crippen molar-refractivity contribution in [1.82, 2.24) is 4.90 Å². The molecule has 0 spiro atoms. The summed E-state index contributed by atoms with van der Waals surface area (Å²) in [6, 6.07) is 6.05. The SMILES string of the molecule is C[C@H]1CN(C(=O)C/C=C/c2ccc(F)cc2)CC[C@@H]1C(=O)O. The molecule has 0 aliphatic carbocycles. The van der Waals surface area contributed by atoms with Crippen LogP contribution in [0.4, 0.5) is 4.39 Å². The third-order valence-corrected chi connectivity index (χ3v) is 4.05. The van der Waals surface area contributed by atoms with Gasteiger partial charge in [0.25, 0.3) is 0 Å². The molecule has 4 nitrogen and oxygen atoms in total. The third-order valence-electron chi connectivity index (χ3n) is 4.05. The molecule has 22 heavy (non-hydrogen) atoms. The molecule has 2 atom stereocenters. The van der Waals surface area contributed by atoms with Gasteiger partial charge >= 0.3 is 5.97 Å². The normalized spacial score (nSPS) is 22.0. The third kappa shape index (κ3) is 4.16. The van der Waals surface area contributed by atoms with Gasteiger partial charge in [-0.15, -0.1) is 0 Å². The van der Waals surface area contributed by atoms with Crippen LogP contribution in [0.15, 0.2) is 30.3 Å². The zero-order valence-corrected chi connectivity index (χ0v) is 12.5. The Labute approximate surface area is 129 Å². The predicted octanol–water partition coefficient (Wildman–Crippen LogP) is 2.80. The van der Waals surface area contributed by atoms with Gasteiger partial charge in [0.2, 0.25) is 5.91 Å². The van der Waals surface area contributed by atoms with Crippen molar-refractivity contribution in [2.75, 3.05) is 13.1 Å². The quantitative estimate of drug-likeness (QED) is 0.930. The van der Waals surface area contributed by atoms with Crippen LogP contribution >= 0.6 is 0 Å². The number of nitrogens with zero attached hydrogens (tertiary/aromatic N) is 1. The summed E-state index contributed by atoms with van der Waals surface area (Å²) in [7, 11) is 0. The Bertz CT molecular complexity index is 568. The van der Waals surface area contributed by atoms with E-state index < -0.39 is 5.97 Å². The van der Waals surface area contributed by atoms with Crippen LogP contribution in [0.25, 0.3) is 6.08 Å². The highest BCUT2D eigenvalue weighted by atomic mass is 19.1. The number of likely N-dealkylation sites (tertiary alicyclic amines) is 1. The fourth-order valence-corrected chi connectivity index (χ4v) is 2.74. The van der Waals surface area contributed by atoms with E-state index in [-0.39, 0.29) is 30.0 Å². The molecule has 1 aliphatic rings. The molecule has 1 N–H and O–H groups in total. The number of benzene rings is 1. The minimum Gasteiger partial charge on any atom is -0.481 e. The second-order valence-electron chi connectivity index (χ2n) is 5.71. The summed E-state index contributed by atoms with van der Waals surface area (Å²) < 4.78 is 12.8. The number of rotatable bonds is 4. The van der Waals surface area contributed by atoms with Gasteiger partial charge in [-0.2, -0.15) is 0 Å². The number of carbonyl (C=O) groups excluding carboxylic acids is 1. The average molecular weight is 305 g/mol. The summed E-state index contributed by atoms with van der Waals surface area (Å²) >= 11 is 0. The standard InChI is InChI=1S/C17H20FNO3/c1-12-11-19(10-9-15(12)17(21)22)16(20)4-2-3-13-5-7-14(18)8-6-13/h2-3,5-8,12,15H,4,9-11H2,1H3,(H,21,22)/b3-2+/t12-,15-/m0/s1. The Morgan fingerprint density at radius 2 is 2.05 bits per heavy atom. The number of amides is 1. The topological polar surface area (TPSA) is 57.6 Å². The Balaban J connectivity index is 1.85. The van der Waals surface area contributed by atoms with Crippen LogP contribution in [-0.4, -0.2) is 35.0 Å². The second-order valence-corrected chi connectivity index (χ2v) is 5.71. The van der Waals surface area contributed by atoms with Crippen LogP contribution < -0.4 is 0 Å². The molecule has 0 bridgehead atoms. The van der Waals surface area contributed by atoms with Crippen LogP contribution in [-0.2, 0) is 9.59 Å². The lowest BCUT2D eigenvalue weighted by atomic mass is 9.87. The van der Waals surface area contributed by atoms with Crippen LogP contribution in [0.2, 0.25) is 0 Å². The number of carboxylic acid groups (broad SMARTS) is 1. The summed E-state index contributed by atoms with van der Waals surface area (Å²) in [4.78, 5) is 24.9. The smallest absolute Gasteiger partial charge is 0.306 e. The van der Waals surface area contributed by atoms with Gasteiger partial charge in [0.15, 0.2) is 0 Å². The van der Waals surface area contributed by atoms with Crippen molar-refractivity contribution in [2.24, 2.45) is 11.8 Å². The van der Waals surface area contributed by atoms with E-state index in [1.165, 1.54) is 12.1 Å². The first-order valence-electron chi connectivity index (χ1n) is 7.40. The molecule has 0 aromatic heterocycles. The van der Waals surface area contributed by atoms with Gasteiger partial charge in [-0.05, 0) is 30.0 Å². The van der Waals surface area contributed by atoms with Crippen molar-refractivity contribution >= 4 is 18.0 Å². The molecule has 1 amide bonds. The van der Waals surface area contributed by atoms with E-state index in [0.717, 1.165) is 5.56 Å². The monoisotopic (exact) mass is 305 g/mol. The van der Waals surface area contributed by atoms with E-state index in [2.05, 4.69) is 0 Å². The van der Waals surface area contributed by atoms with Gasteiger partial charge in [-0.3, -0.25) is 9.59 Å². The molecule has 1 aliphatic heterocycles. The Morgan fingerprint density at radius 3 is 2.64 bits per heavy atom. The number of aliphatic carboxylic acids is 1. The first-order chi connectivity index (χ1) is 10.5. The van der Waals surface area contributed by atoms with Crippen molar-refractivity contribution in [3.05, 3.63) is 41.7 Å². The lowest BCUT2D eigenvalue weighted by molar-refractivity contribution is -0.148. The lowest BCUT2D eigenvalue weighted by Gasteiger charge is -2.34. The van der Waals surface area contributed by atoms with Crippen molar-refractivity contribution in [2.45, 2.75) is 19.8 Å². The molecular weight excluding hydrogens is 285 g/mol. The van der Waals surface area contributed by atoms with Gasteiger partial charge < -0.3 is 10.0 Å². The van der Waals surface area contributed by atoms with E-state index in [1.807, 2.05) is 6.92 Å². The summed E-state index contributed by atoms with van der Waals surface area (Å²) in [5, 5.41) is 9.08. The maximum absolute atomic E-state index is 12.8. The van der Waals surface area contributed by atoms with Crippen molar-refractivity contribution in [3.63, 3.8) is 0 Å². The minimum atomic E-state index is -0.782. The van der Waals surface area contributed by atoms with Crippen LogP contribution in [0.3, 0.4) is 0 Å². The molecule has 1 aromatic rings. The zero-order valence-electron chi connectivity index (χ0n) is 12.5. The molecule has 0 radical (unpaired) electrons. The highest BCUT2D eigenvalue weighted by molar-refractivity contribution is 5.79. The molecule has 2 rings (SSSR count). The van der Waals surface area contributed by atoms with E-state index >= 15 is 0 Å². The maximum Gasteiger partial charge on any atom is 0.306 e. The summed E-state index contributed by atoms with van der Waals surface area (Å²) in [6.07, 6.45) is 4.31. The molecule has 5 heteroatoms. The van der Waals surface area contributed by atoms with Crippen molar-refractivity contribution in [3.8, 4) is 0 Å². The minimum absolute atomic E-state index is 0.00551. The summed E-state index contributed by atoms with van der Waals surface area (Å²) in [6.45, 7) is 2.84. The predicted molar refractivity (Wildman–Crippen MR) is 81.5 cm³/mol. The molecule has 1 heterocycles. The molecule has 118 valence electrons. The number of hydrogen-bond donors (Lipinski definition) is 1. The van der Waals surface area contributed by atoms with E-state index in [1.54, 1.807) is 29.2 Å². The number of carboxylic acids is 1. The number of carbonyl (C=O) groups is 2. The van der Waals surface area contributed by atoms with Gasteiger partial charge in [0, 0.05) is 19.5 Å². The first-order valence-corrected chi connectivity index (χ1v) is 7.40. The van der Waals surface area contributed by atoms with E-state index in [0.29, 0.717) is 19.5 Å². The van der Waals surface area contributed by atoms with Gasteiger partial charge in [-0.25, -0.2) is 4.39 Å². The molecule has 1 saturated heterocycles. The van der Waals surface area contributed by atoms with Crippen LogP contribution in [0.1, 0.15) is 25.3 Å². The Morgan fingerprint density at radius 1 is 1.36 bits per heavy atom. The fraction of sp³-hybridized carbons (Fsp3) is 0.412. The average Bonchev–Trinajstić information content (AvgIpc) is 2.48. The van der Waals surface area contributed by atoms with Gasteiger partial charge in [0.1, 0.15) is 5.82 Å². The number of halogens is 1. The van der Waals surface area contributed by atoms with Gasteiger partial charge in [0.05, 0.1) is 5.92 Å². The number of hydrogen-bond acceptors (Lipinski definition) is 2. The highest BCUT2D eigenvalue weighted by Gasteiger charge is 2.32. The van der Waals surface area contributed by atoms with E-state index in [4.69, 9.17) is 5.11 Å². The van der Waals surface area contributed by atoms with Crippen LogP contribution in [0, 0.1) is 17.7 Å². The van der Waals surface area contributed by atoms with Gasteiger partial charge in [-0.1, -0.05) is 31.2 Å².